The van der Waals surface area contributed by atoms with Crippen LogP contribution in [0.4, 0.5) is 4.39 Å². The molecule has 28 heavy (non-hydrogen) atoms. The summed E-state index contributed by atoms with van der Waals surface area (Å²) in [5, 5.41) is 0. The molecule has 7 nitrogen and oxygen atoms in total. The van der Waals surface area contributed by atoms with Crippen molar-refractivity contribution in [2.75, 3.05) is 58.9 Å². The second-order valence-electron chi connectivity index (χ2n) is 7.33. The molecule has 1 atom stereocenters. The number of piperazine rings is 2. The van der Waals surface area contributed by atoms with Crippen LogP contribution in [0, 0.1) is 5.82 Å². The standard InChI is InChI=1S/C19H29FN4O3S/c1-3-21-8-10-23(11-9-21)19(25)16(2)22-12-14-24(15-13-22)28(26,27)18-6-4-17(20)5-7-18/h4-7,16H,3,8-15H2,1-2H3. The van der Waals surface area contributed by atoms with E-state index in [1.54, 1.807) is 0 Å². The lowest BCUT2D eigenvalue weighted by molar-refractivity contribution is -0.138. The molecule has 1 aromatic carbocycles. The van der Waals surface area contributed by atoms with E-state index in [0.717, 1.165) is 44.9 Å². The van der Waals surface area contributed by atoms with Gasteiger partial charge in [-0.2, -0.15) is 4.31 Å². The topological polar surface area (TPSA) is 64.2 Å². The van der Waals surface area contributed by atoms with Gasteiger partial charge in [-0.3, -0.25) is 9.69 Å². The lowest BCUT2D eigenvalue weighted by Crippen LogP contribution is -2.57. The maximum atomic E-state index is 13.1. The third-order valence-electron chi connectivity index (χ3n) is 5.76. The molecule has 0 aromatic heterocycles. The zero-order chi connectivity index (χ0) is 20.3. The average Bonchev–Trinajstić information content (AvgIpc) is 2.73. The number of carbonyl (C=O) groups is 1. The van der Waals surface area contributed by atoms with Gasteiger partial charge >= 0.3 is 0 Å². The fraction of sp³-hybridized carbons (Fsp3) is 0.632. The molecule has 0 spiro atoms. The van der Waals surface area contributed by atoms with Gasteiger partial charge in [0.15, 0.2) is 0 Å². The van der Waals surface area contributed by atoms with E-state index in [1.807, 2.05) is 16.7 Å². The molecule has 0 N–H and O–H groups in total. The quantitative estimate of drug-likeness (QED) is 0.712. The Morgan fingerprint density at radius 3 is 2.11 bits per heavy atom. The third kappa shape index (κ3) is 4.53. The summed E-state index contributed by atoms with van der Waals surface area (Å²) in [5.41, 5.74) is 0. The molecular formula is C19H29FN4O3S. The number of carbonyl (C=O) groups excluding carboxylic acids is 1. The number of hydrogen-bond donors (Lipinski definition) is 0. The molecule has 0 bridgehead atoms. The number of likely N-dealkylation sites (N-methyl/N-ethyl adjacent to an activating group) is 1. The van der Waals surface area contributed by atoms with Crippen LogP contribution in [0.3, 0.4) is 0 Å². The number of amides is 1. The van der Waals surface area contributed by atoms with Crippen LogP contribution in [0.2, 0.25) is 0 Å². The Labute approximate surface area is 166 Å². The molecule has 3 rings (SSSR count). The summed E-state index contributed by atoms with van der Waals surface area (Å²) >= 11 is 0. The van der Waals surface area contributed by atoms with Crippen LogP contribution in [-0.4, -0.2) is 98.3 Å². The highest BCUT2D eigenvalue weighted by Gasteiger charge is 2.33. The normalized spacial score (nSPS) is 21.6. The van der Waals surface area contributed by atoms with Crippen LogP contribution in [-0.2, 0) is 14.8 Å². The molecule has 2 fully saturated rings. The molecular weight excluding hydrogens is 383 g/mol. The van der Waals surface area contributed by atoms with E-state index in [-0.39, 0.29) is 16.8 Å². The van der Waals surface area contributed by atoms with Crippen LogP contribution in [0.5, 0.6) is 0 Å². The first-order valence-electron chi connectivity index (χ1n) is 9.84. The summed E-state index contributed by atoms with van der Waals surface area (Å²) in [4.78, 5) is 19.2. The summed E-state index contributed by atoms with van der Waals surface area (Å²) in [5.74, 6) is -0.346. The molecule has 2 aliphatic rings. The molecule has 2 aliphatic heterocycles. The van der Waals surface area contributed by atoms with Gasteiger partial charge in [-0.05, 0) is 37.7 Å². The predicted molar refractivity (Wildman–Crippen MR) is 105 cm³/mol. The first-order valence-corrected chi connectivity index (χ1v) is 11.3. The van der Waals surface area contributed by atoms with E-state index in [0.29, 0.717) is 26.2 Å². The molecule has 156 valence electrons. The Hall–Kier alpha value is -1.55. The van der Waals surface area contributed by atoms with E-state index in [9.17, 15) is 17.6 Å². The molecule has 1 amide bonds. The highest BCUT2D eigenvalue weighted by atomic mass is 32.2. The number of hydrogen-bond acceptors (Lipinski definition) is 5. The first kappa shape index (κ1) is 21.2. The van der Waals surface area contributed by atoms with Crippen molar-refractivity contribution in [1.82, 2.24) is 19.0 Å². The van der Waals surface area contributed by atoms with Crippen molar-refractivity contribution in [3.63, 3.8) is 0 Å². The fourth-order valence-corrected chi connectivity index (χ4v) is 5.21. The van der Waals surface area contributed by atoms with Crippen molar-refractivity contribution >= 4 is 15.9 Å². The van der Waals surface area contributed by atoms with Crippen LogP contribution >= 0.6 is 0 Å². The van der Waals surface area contributed by atoms with Crippen molar-refractivity contribution in [3.8, 4) is 0 Å². The van der Waals surface area contributed by atoms with Crippen molar-refractivity contribution in [2.24, 2.45) is 0 Å². The Balaban J connectivity index is 1.56. The summed E-state index contributed by atoms with van der Waals surface area (Å²) in [6.07, 6.45) is 0. The zero-order valence-corrected chi connectivity index (χ0v) is 17.4. The highest BCUT2D eigenvalue weighted by molar-refractivity contribution is 7.89. The van der Waals surface area contributed by atoms with Gasteiger partial charge < -0.3 is 9.80 Å². The van der Waals surface area contributed by atoms with E-state index < -0.39 is 15.8 Å². The molecule has 2 heterocycles. The van der Waals surface area contributed by atoms with E-state index in [4.69, 9.17) is 0 Å². The molecule has 1 aromatic rings. The summed E-state index contributed by atoms with van der Waals surface area (Å²) in [7, 11) is -3.64. The van der Waals surface area contributed by atoms with Gasteiger partial charge in [-0.15, -0.1) is 0 Å². The Kier molecular flexibility index (Phi) is 6.69. The van der Waals surface area contributed by atoms with Gasteiger partial charge in [0.1, 0.15) is 5.82 Å². The van der Waals surface area contributed by atoms with E-state index >= 15 is 0 Å². The minimum absolute atomic E-state index is 0.0975. The SMILES string of the molecule is CCN1CCN(C(=O)C(C)N2CCN(S(=O)(=O)c3ccc(F)cc3)CC2)CC1. The minimum Gasteiger partial charge on any atom is -0.339 e. The van der Waals surface area contributed by atoms with E-state index in [1.165, 1.54) is 16.4 Å². The minimum atomic E-state index is -3.64. The summed E-state index contributed by atoms with van der Waals surface area (Å²) < 4.78 is 39.9. The number of benzene rings is 1. The Morgan fingerprint density at radius 2 is 1.57 bits per heavy atom. The molecule has 1 unspecified atom stereocenters. The maximum Gasteiger partial charge on any atom is 0.243 e. The van der Waals surface area contributed by atoms with Crippen LogP contribution in [0.25, 0.3) is 0 Å². The second kappa shape index (κ2) is 8.86. The Morgan fingerprint density at radius 1 is 1.00 bits per heavy atom. The first-order chi connectivity index (χ1) is 13.3. The third-order valence-corrected chi connectivity index (χ3v) is 7.67. The number of rotatable bonds is 5. The Bertz CT molecular complexity index is 771. The van der Waals surface area contributed by atoms with E-state index in [2.05, 4.69) is 11.8 Å². The van der Waals surface area contributed by atoms with Gasteiger partial charge in [0, 0.05) is 52.4 Å². The summed E-state index contributed by atoms with van der Waals surface area (Å²) in [6, 6.07) is 4.63. The second-order valence-corrected chi connectivity index (χ2v) is 9.27. The van der Waals surface area contributed by atoms with Crippen LogP contribution in [0.1, 0.15) is 13.8 Å². The molecule has 0 radical (unpaired) electrons. The number of nitrogens with zero attached hydrogens (tertiary/aromatic N) is 4. The fourth-order valence-electron chi connectivity index (χ4n) is 3.79. The van der Waals surface area contributed by atoms with Gasteiger partial charge in [-0.1, -0.05) is 6.92 Å². The summed E-state index contributed by atoms with van der Waals surface area (Å²) in [6.45, 7) is 9.97. The smallest absolute Gasteiger partial charge is 0.243 e. The molecule has 0 saturated carbocycles. The molecule has 0 aliphatic carbocycles. The largest absolute Gasteiger partial charge is 0.339 e. The van der Waals surface area contributed by atoms with Gasteiger partial charge in [0.05, 0.1) is 10.9 Å². The zero-order valence-electron chi connectivity index (χ0n) is 16.6. The monoisotopic (exact) mass is 412 g/mol. The van der Waals surface area contributed by atoms with Gasteiger partial charge in [-0.25, -0.2) is 12.8 Å². The average molecular weight is 413 g/mol. The maximum absolute atomic E-state index is 13.1. The van der Waals surface area contributed by atoms with Crippen molar-refractivity contribution in [3.05, 3.63) is 30.1 Å². The van der Waals surface area contributed by atoms with Crippen molar-refractivity contribution < 1.29 is 17.6 Å². The number of halogens is 1. The lowest BCUT2D eigenvalue weighted by atomic mass is 10.2. The number of sulfonamides is 1. The van der Waals surface area contributed by atoms with Crippen molar-refractivity contribution in [2.45, 2.75) is 24.8 Å². The van der Waals surface area contributed by atoms with Crippen molar-refractivity contribution in [1.29, 1.82) is 0 Å². The predicted octanol–water partition coefficient (Wildman–Crippen LogP) is 0.685. The molecule has 2 saturated heterocycles. The van der Waals surface area contributed by atoms with Gasteiger partial charge in [0.2, 0.25) is 15.9 Å². The molecule has 9 heteroatoms. The lowest BCUT2D eigenvalue weighted by Gasteiger charge is -2.40. The highest BCUT2D eigenvalue weighted by Crippen LogP contribution is 2.19. The van der Waals surface area contributed by atoms with Crippen LogP contribution in [0.15, 0.2) is 29.2 Å². The van der Waals surface area contributed by atoms with Gasteiger partial charge in [0.25, 0.3) is 0 Å². The van der Waals surface area contributed by atoms with Crippen LogP contribution < -0.4 is 0 Å².